The number of aliphatic hydroxyl groups excluding tert-OH is 1. The van der Waals surface area contributed by atoms with Gasteiger partial charge >= 0.3 is 5.97 Å². The fourth-order valence-corrected chi connectivity index (χ4v) is 2.14. The molecule has 0 radical (unpaired) electrons. The van der Waals surface area contributed by atoms with Crippen molar-refractivity contribution in [2.24, 2.45) is 0 Å². The predicted molar refractivity (Wildman–Crippen MR) is 65.5 cm³/mol. The summed E-state index contributed by atoms with van der Waals surface area (Å²) in [5.41, 5.74) is 11.0. The Hall–Kier alpha value is -2.00. The van der Waals surface area contributed by atoms with Crippen LogP contribution >= 0.6 is 0 Å². The van der Waals surface area contributed by atoms with Crippen molar-refractivity contribution < 1.29 is 14.6 Å². The van der Waals surface area contributed by atoms with Crippen LogP contribution in [0.1, 0.15) is 12.2 Å². The second-order valence-electron chi connectivity index (χ2n) is 4.33. The molecular formula is C10H16N6O3. The highest BCUT2D eigenvalue weighted by Gasteiger charge is 2.37. The van der Waals surface area contributed by atoms with Crippen molar-refractivity contribution >= 4 is 17.9 Å². The van der Waals surface area contributed by atoms with Gasteiger partial charge in [0.25, 0.3) is 0 Å². The van der Waals surface area contributed by atoms with E-state index >= 15 is 0 Å². The van der Waals surface area contributed by atoms with Gasteiger partial charge in [0.2, 0.25) is 11.9 Å². The molecule has 1 aromatic rings. The monoisotopic (exact) mass is 268 g/mol. The number of likely N-dealkylation sites (tertiary alicyclic amines) is 1. The van der Waals surface area contributed by atoms with Crippen LogP contribution in [-0.4, -0.2) is 56.7 Å². The molecule has 19 heavy (non-hydrogen) atoms. The van der Waals surface area contributed by atoms with Gasteiger partial charge in [-0.1, -0.05) is 0 Å². The molecule has 104 valence electrons. The van der Waals surface area contributed by atoms with E-state index in [-0.39, 0.29) is 18.4 Å². The van der Waals surface area contributed by atoms with Crippen LogP contribution in [0, 0.1) is 0 Å². The molecule has 1 saturated heterocycles. The lowest BCUT2D eigenvalue weighted by atomic mass is 10.2. The molecular weight excluding hydrogens is 252 g/mol. The maximum atomic E-state index is 11.6. The summed E-state index contributed by atoms with van der Waals surface area (Å²) in [6.07, 6.45) is -0.261. The van der Waals surface area contributed by atoms with E-state index in [0.29, 0.717) is 18.8 Å². The first-order chi connectivity index (χ1) is 8.99. The zero-order chi connectivity index (χ0) is 14.0. The van der Waals surface area contributed by atoms with Crippen LogP contribution in [0.15, 0.2) is 0 Å². The number of nitrogens with zero attached hydrogens (tertiary/aromatic N) is 4. The fraction of sp³-hybridized carbons (Fsp3) is 0.600. The molecule has 2 unspecified atom stereocenters. The normalized spacial score (nSPS) is 23.5. The summed E-state index contributed by atoms with van der Waals surface area (Å²) < 4.78 is 4.70. The minimum atomic E-state index is -0.583. The van der Waals surface area contributed by atoms with E-state index < -0.39 is 18.1 Å². The Kier molecular flexibility index (Phi) is 3.76. The molecule has 2 rings (SSSR count). The Labute approximate surface area is 109 Å². The zero-order valence-electron chi connectivity index (χ0n) is 10.5. The molecule has 0 amide bonds. The van der Waals surface area contributed by atoms with Crippen molar-refractivity contribution in [1.29, 1.82) is 0 Å². The Morgan fingerprint density at radius 1 is 1.42 bits per heavy atom. The quantitative estimate of drug-likeness (QED) is 0.538. The third kappa shape index (κ3) is 3.06. The topological polar surface area (TPSA) is 140 Å². The zero-order valence-corrected chi connectivity index (χ0v) is 10.5. The molecule has 2 heterocycles. The molecule has 0 saturated carbocycles. The van der Waals surface area contributed by atoms with Crippen LogP contribution in [0.2, 0.25) is 0 Å². The highest BCUT2D eigenvalue weighted by molar-refractivity contribution is 5.76. The molecule has 0 aliphatic carbocycles. The van der Waals surface area contributed by atoms with Gasteiger partial charge < -0.3 is 21.3 Å². The number of β-amino-alcohol motifs (C(OH)–C–C–N with tert-alkyl or cyclic N) is 1. The van der Waals surface area contributed by atoms with Crippen molar-refractivity contribution in [1.82, 2.24) is 19.9 Å². The van der Waals surface area contributed by atoms with Crippen molar-refractivity contribution in [2.45, 2.75) is 25.1 Å². The molecule has 2 atom stereocenters. The van der Waals surface area contributed by atoms with E-state index in [4.69, 9.17) is 16.2 Å². The average molecular weight is 268 g/mol. The predicted octanol–water partition coefficient (Wildman–Crippen LogP) is -1.86. The third-order valence-corrected chi connectivity index (χ3v) is 2.92. The minimum Gasteiger partial charge on any atom is -0.468 e. The summed E-state index contributed by atoms with van der Waals surface area (Å²) in [4.78, 5) is 24.9. The standard InChI is InChI=1S/C10H16N6O3/c1-19-8(18)6-2-5(17)3-16(6)4-7-13-9(11)15-10(12)14-7/h5-6,17H,2-4H2,1H3,(H4,11,12,13,14,15). The number of carbonyl (C=O) groups excluding carboxylic acids is 1. The van der Waals surface area contributed by atoms with Crippen LogP contribution in [0.5, 0.6) is 0 Å². The van der Waals surface area contributed by atoms with Gasteiger partial charge in [-0.05, 0) is 0 Å². The van der Waals surface area contributed by atoms with Gasteiger partial charge in [-0.15, -0.1) is 0 Å². The summed E-state index contributed by atoms with van der Waals surface area (Å²) in [6, 6.07) is -0.515. The van der Waals surface area contributed by atoms with Crippen molar-refractivity contribution in [2.75, 3.05) is 25.1 Å². The maximum Gasteiger partial charge on any atom is 0.323 e. The van der Waals surface area contributed by atoms with Crippen LogP contribution in [0.3, 0.4) is 0 Å². The minimum absolute atomic E-state index is 0.0249. The van der Waals surface area contributed by atoms with Gasteiger partial charge in [0.05, 0.1) is 19.8 Å². The van der Waals surface area contributed by atoms with Crippen molar-refractivity contribution in [3.63, 3.8) is 0 Å². The number of anilines is 2. The van der Waals surface area contributed by atoms with E-state index in [1.165, 1.54) is 7.11 Å². The van der Waals surface area contributed by atoms with Gasteiger partial charge in [0.1, 0.15) is 11.9 Å². The van der Waals surface area contributed by atoms with Crippen LogP contribution < -0.4 is 11.5 Å². The summed E-state index contributed by atoms with van der Waals surface area (Å²) in [7, 11) is 1.31. The van der Waals surface area contributed by atoms with Gasteiger partial charge in [-0.2, -0.15) is 15.0 Å². The molecule has 0 spiro atoms. The average Bonchev–Trinajstić information content (AvgIpc) is 2.68. The lowest BCUT2D eigenvalue weighted by Gasteiger charge is -2.20. The summed E-state index contributed by atoms with van der Waals surface area (Å²) in [6.45, 7) is 0.582. The number of nitrogens with two attached hydrogens (primary N) is 2. The van der Waals surface area contributed by atoms with Gasteiger partial charge in [0, 0.05) is 13.0 Å². The van der Waals surface area contributed by atoms with Crippen LogP contribution in [-0.2, 0) is 16.1 Å². The van der Waals surface area contributed by atoms with Crippen LogP contribution in [0.4, 0.5) is 11.9 Å². The number of ether oxygens (including phenoxy) is 1. The summed E-state index contributed by atoms with van der Waals surface area (Å²) in [5.74, 6) is 0.00767. The Balaban J connectivity index is 2.14. The Morgan fingerprint density at radius 2 is 2.05 bits per heavy atom. The van der Waals surface area contributed by atoms with E-state index in [2.05, 4.69) is 15.0 Å². The van der Waals surface area contributed by atoms with Crippen LogP contribution in [0.25, 0.3) is 0 Å². The molecule has 1 fully saturated rings. The smallest absolute Gasteiger partial charge is 0.323 e. The number of methoxy groups -OCH3 is 1. The fourth-order valence-electron chi connectivity index (χ4n) is 2.14. The second kappa shape index (κ2) is 5.33. The summed E-state index contributed by atoms with van der Waals surface area (Å²) in [5, 5.41) is 9.65. The van der Waals surface area contributed by atoms with E-state index in [0.717, 1.165) is 0 Å². The number of nitrogen functional groups attached to an aromatic ring is 2. The number of rotatable bonds is 3. The molecule has 5 N–H and O–H groups in total. The highest BCUT2D eigenvalue weighted by Crippen LogP contribution is 2.20. The SMILES string of the molecule is COC(=O)C1CC(O)CN1Cc1nc(N)nc(N)n1. The van der Waals surface area contributed by atoms with E-state index in [9.17, 15) is 9.90 Å². The van der Waals surface area contributed by atoms with Gasteiger partial charge in [0.15, 0.2) is 0 Å². The number of hydrogen-bond donors (Lipinski definition) is 3. The lowest BCUT2D eigenvalue weighted by molar-refractivity contribution is -0.146. The molecule has 0 aromatic carbocycles. The number of aromatic nitrogens is 3. The number of aliphatic hydroxyl groups is 1. The first kappa shape index (κ1) is 13.4. The first-order valence-corrected chi connectivity index (χ1v) is 5.75. The van der Waals surface area contributed by atoms with Gasteiger partial charge in [-0.3, -0.25) is 9.69 Å². The molecule has 0 bridgehead atoms. The number of esters is 1. The second-order valence-corrected chi connectivity index (χ2v) is 4.33. The maximum absolute atomic E-state index is 11.6. The number of carbonyl (C=O) groups is 1. The van der Waals surface area contributed by atoms with E-state index in [1.54, 1.807) is 4.90 Å². The molecule has 9 nitrogen and oxygen atoms in total. The Morgan fingerprint density at radius 3 is 2.63 bits per heavy atom. The third-order valence-electron chi connectivity index (χ3n) is 2.92. The Bertz CT molecular complexity index is 462. The van der Waals surface area contributed by atoms with Crippen molar-refractivity contribution in [3.05, 3.63) is 5.82 Å². The molecule has 1 aliphatic heterocycles. The largest absolute Gasteiger partial charge is 0.468 e. The summed E-state index contributed by atoms with van der Waals surface area (Å²) >= 11 is 0. The highest BCUT2D eigenvalue weighted by atomic mass is 16.5. The van der Waals surface area contributed by atoms with Crippen molar-refractivity contribution in [3.8, 4) is 0 Å². The molecule has 9 heteroatoms. The first-order valence-electron chi connectivity index (χ1n) is 5.75. The van der Waals surface area contributed by atoms with Gasteiger partial charge in [-0.25, -0.2) is 0 Å². The molecule has 1 aliphatic rings. The van der Waals surface area contributed by atoms with E-state index in [1.807, 2.05) is 0 Å². The molecule has 1 aromatic heterocycles. The number of hydrogen-bond acceptors (Lipinski definition) is 9. The lowest BCUT2D eigenvalue weighted by Crippen LogP contribution is -2.37.